The number of amides is 2. The van der Waals surface area contributed by atoms with Crippen LogP contribution in [0.3, 0.4) is 0 Å². The Hall–Kier alpha value is -2.90. The van der Waals surface area contributed by atoms with Gasteiger partial charge in [-0.1, -0.05) is 41.9 Å². The average Bonchev–Trinajstić information content (AvgIpc) is 3.25. The van der Waals surface area contributed by atoms with Crippen molar-refractivity contribution >= 4 is 50.8 Å². The molecule has 1 aromatic heterocycles. The van der Waals surface area contributed by atoms with Crippen LogP contribution in [0.4, 0.5) is 0 Å². The maximum Gasteiger partial charge on any atom is 0.307 e. The quantitative estimate of drug-likeness (QED) is 0.454. The molecule has 1 aliphatic rings. The smallest absolute Gasteiger partial charge is 0.307 e. The maximum absolute atomic E-state index is 13.7. The molecule has 1 aliphatic heterocycles. The highest BCUT2D eigenvalue weighted by atomic mass is 35.5. The first-order chi connectivity index (χ1) is 15.8. The van der Waals surface area contributed by atoms with E-state index in [2.05, 4.69) is 0 Å². The lowest BCUT2D eigenvalue weighted by Crippen LogP contribution is -2.67. The third kappa shape index (κ3) is 4.61. The van der Waals surface area contributed by atoms with Gasteiger partial charge in [-0.2, -0.15) is 0 Å². The average molecular weight is 485 g/mol. The summed E-state index contributed by atoms with van der Waals surface area (Å²) in [6, 6.07) is 15.0. The van der Waals surface area contributed by atoms with E-state index in [9.17, 15) is 14.4 Å². The van der Waals surface area contributed by atoms with Gasteiger partial charge in [-0.25, -0.2) is 0 Å². The molecule has 0 radical (unpaired) electrons. The van der Waals surface area contributed by atoms with E-state index in [0.29, 0.717) is 30.1 Å². The molecule has 1 fully saturated rings. The number of ether oxygens (including phenoxy) is 1. The van der Waals surface area contributed by atoms with E-state index in [4.69, 9.17) is 16.3 Å². The molecular weight excluding hydrogens is 460 g/mol. The number of carbonyl (C=O) groups excluding carboxylic acids is 3. The summed E-state index contributed by atoms with van der Waals surface area (Å²) < 4.78 is 5.80. The molecule has 2 heterocycles. The molecule has 0 spiro atoms. The van der Waals surface area contributed by atoms with Crippen molar-refractivity contribution in [1.82, 2.24) is 9.80 Å². The monoisotopic (exact) mass is 484 g/mol. The molecular formula is C25H25ClN2O4S. The van der Waals surface area contributed by atoms with Gasteiger partial charge in [0.15, 0.2) is 0 Å². The van der Waals surface area contributed by atoms with Crippen LogP contribution in [-0.2, 0) is 20.9 Å². The number of carbonyl (C=O) groups is 3. The van der Waals surface area contributed by atoms with Gasteiger partial charge in [-0.15, -0.1) is 11.3 Å². The Balaban J connectivity index is 1.57. The highest BCUT2D eigenvalue weighted by molar-refractivity contribution is 7.17. The van der Waals surface area contributed by atoms with Crippen LogP contribution in [0, 0.1) is 0 Å². The Morgan fingerprint density at radius 3 is 2.55 bits per heavy atom. The first-order valence-corrected chi connectivity index (χ1v) is 12.0. The molecule has 3 aromatic rings. The van der Waals surface area contributed by atoms with Crippen molar-refractivity contribution in [1.29, 1.82) is 0 Å². The summed E-state index contributed by atoms with van der Waals surface area (Å²) in [4.78, 5) is 42.2. The van der Waals surface area contributed by atoms with Crippen molar-refractivity contribution in [3.05, 3.63) is 70.1 Å². The molecule has 0 aliphatic carbocycles. The highest BCUT2D eigenvalue weighted by Gasteiger charge is 2.51. The van der Waals surface area contributed by atoms with Gasteiger partial charge >= 0.3 is 5.97 Å². The van der Waals surface area contributed by atoms with Gasteiger partial charge in [0, 0.05) is 40.1 Å². The lowest BCUT2D eigenvalue weighted by Gasteiger charge is -2.51. The fourth-order valence-electron chi connectivity index (χ4n) is 4.13. The Kier molecular flexibility index (Phi) is 6.72. The standard InChI is InChI=1S/C25H25ClN2O4S/c1-25(12-14-28(25)23(30)20-16-33-21-6-4-3-5-19(20)21)24(31)27(13-11-22(29)32-2)15-17-7-9-18(26)10-8-17/h3-10,16H,11-15H2,1-2H3. The molecule has 2 amide bonds. The number of methoxy groups -OCH3 is 1. The second kappa shape index (κ2) is 9.53. The lowest BCUT2D eigenvalue weighted by molar-refractivity contribution is -0.151. The van der Waals surface area contributed by atoms with Crippen molar-refractivity contribution in [3.63, 3.8) is 0 Å². The second-order valence-corrected chi connectivity index (χ2v) is 9.65. The molecule has 0 bridgehead atoms. The zero-order valence-corrected chi connectivity index (χ0v) is 20.1. The van der Waals surface area contributed by atoms with Crippen molar-refractivity contribution in [2.24, 2.45) is 0 Å². The van der Waals surface area contributed by atoms with E-state index in [0.717, 1.165) is 15.6 Å². The highest BCUT2D eigenvalue weighted by Crippen LogP contribution is 2.36. The van der Waals surface area contributed by atoms with Gasteiger partial charge in [0.1, 0.15) is 5.54 Å². The minimum Gasteiger partial charge on any atom is -0.469 e. The summed E-state index contributed by atoms with van der Waals surface area (Å²) in [5.41, 5.74) is 0.540. The fraction of sp³-hybridized carbons (Fsp3) is 0.320. The van der Waals surface area contributed by atoms with Crippen LogP contribution >= 0.6 is 22.9 Å². The number of esters is 1. The van der Waals surface area contributed by atoms with Gasteiger partial charge in [0.25, 0.3) is 5.91 Å². The van der Waals surface area contributed by atoms with E-state index in [1.807, 2.05) is 41.8 Å². The molecule has 0 saturated carbocycles. The van der Waals surface area contributed by atoms with E-state index < -0.39 is 5.54 Å². The summed E-state index contributed by atoms with van der Waals surface area (Å²) in [6.07, 6.45) is 0.643. The van der Waals surface area contributed by atoms with Crippen LogP contribution in [0.1, 0.15) is 35.7 Å². The van der Waals surface area contributed by atoms with Crippen LogP contribution in [0.15, 0.2) is 53.9 Å². The number of hydrogen-bond donors (Lipinski definition) is 0. The maximum atomic E-state index is 13.7. The van der Waals surface area contributed by atoms with Gasteiger partial charge in [-0.05, 0) is 37.1 Å². The molecule has 33 heavy (non-hydrogen) atoms. The van der Waals surface area contributed by atoms with Crippen LogP contribution in [0.2, 0.25) is 5.02 Å². The molecule has 1 unspecified atom stereocenters. The number of nitrogens with zero attached hydrogens (tertiary/aromatic N) is 2. The molecule has 8 heteroatoms. The van der Waals surface area contributed by atoms with Gasteiger partial charge in [-0.3, -0.25) is 14.4 Å². The summed E-state index contributed by atoms with van der Waals surface area (Å²) >= 11 is 7.52. The molecule has 1 saturated heterocycles. The number of halogens is 1. The van der Waals surface area contributed by atoms with Crippen molar-refractivity contribution in [3.8, 4) is 0 Å². The van der Waals surface area contributed by atoms with Crippen LogP contribution in [0.25, 0.3) is 10.1 Å². The predicted octanol–water partition coefficient (Wildman–Crippen LogP) is 4.75. The SMILES string of the molecule is COC(=O)CCN(Cc1ccc(Cl)cc1)C(=O)C1(C)CCN1C(=O)c1csc2ccccc12. The summed E-state index contributed by atoms with van der Waals surface area (Å²) in [5, 5.41) is 3.37. The van der Waals surface area contributed by atoms with E-state index in [-0.39, 0.29) is 30.7 Å². The van der Waals surface area contributed by atoms with Crippen molar-refractivity contribution in [2.45, 2.75) is 31.8 Å². The summed E-state index contributed by atoms with van der Waals surface area (Å²) in [6.45, 7) is 2.83. The van der Waals surface area contributed by atoms with E-state index in [1.54, 1.807) is 28.9 Å². The van der Waals surface area contributed by atoms with Crippen LogP contribution in [0.5, 0.6) is 0 Å². The minimum atomic E-state index is -0.970. The number of fused-ring (bicyclic) bond motifs is 1. The molecule has 4 rings (SSSR count). The largest absolute Gasteiger partial charge is 0.469 e. The second-order valence-electron chi connectivity index (χ2n) is 8.31. The van der Waals surface area contributed by atoms with E-state index >= 15 is 0 Å². The zero-order chi connectivity index (χ0) is 23.6. The molecule has 172 valence electrons. The third-order valence-corrected chi connectivity index (χ3v) is 7.44. The first-order valence-electron chi connectivity index (χ1n) is 10.7. The van der Waals surface area contributed by atoms with Crippen molar-refractivity contribution in [2.75, 3.05) is 20.2 Å². The van der Waals surface area contributed by atoms with Gasteiger partial charge in [0.05, 0.1) is 19.1 Å². The van der Waals surface area contributed by atoms with Gasteiger partial charge < -0.3 is 14.5 Å². The zero-order valence-electron chi connectivity index (χ0n) is 18.5. The fourth-order valence-corrected chi connectivity index (χ4v) is 5.19. The van der Waals surface area contributed by atoms with Gasteiger partial charge in [0.2, 0.25) is 5.91 Å². The molecule has 2 aromatic carbocycles. The number of hydrogen-bond acceptors (Lipinski definition) is 5. The van der Waals surface area contributed by atoms with E-state index in [1.165, 1.54) is 18.4 Å². The third-order valence-electron chi connectivity index (χ3n) is 6.22. The lowest BCUT2D eigenvalue weighted by atomic mass is 9.84. The number of likely N-dealkylation sites (tertiary alicyclic amines) is 1. The van der Waals surface area contributed by atoms with Crippen molar-refractivity contribution < 1.29 is 19.1 Å². The number of benzene rings is 2. The Morgan fingerprint density at radius 2 is 1.88 bits per heavy atom. The Bertz CT molecular complexity index is 1190. The number of thiophene rings is 1. The van der Waals surface area contributed by atoms with Crippen LogP contribution in [-0.4, -0.2) is 53.3 Å². The normalized spacial score (nSPS) is 17.5. The summed E-state index contributed by atoms with van der Waals surface area (Å²) in [5.74, 6) is -0.713. The van der Waals surface area contributed by atoms with Crippen LogP contribution < -0.4 is 0 Å². The number of rotatable bonds is 7. The Morgan fingerprint density at radius 1 is 1.15 bits per heavy atom. The molecule has 6 nitrogen and oxygen atoms in total. The summed E-state index contributed by atoms with van der Waals surface area (Å²) in [7, 11) is 1.33. The first kappa shape index (κ1) is 23.3. The Labute approximate surface area is 201 Å². The molecule has 1 atom stereocenters. The minimum absolute atomic E-state index is 0.0784. The molecule has 0 N–H and O–H groups in total. The topological polar surface area (TPSA) is 66.9 Å². The predicted molar refractivity (Wildman–Crippen MR) is 129 cm³/mol.